The fourth-order valence-corrected chi connectivity index (χ4v) is 3.91. The van der Waals surface area contributed by atoms with Crippen LogP contribution >= 0.6 is 23.6 Å². The Kier molecular flexibility index (Phi) is 4.57. The molecule has 0 aliphatic heterocycles. The molecule has 0 saturated carbocycles. The second kappa shape index (κ2) is 7.06. The van der Waals surface area contributed by atoms with Crippen molar-refractivity contribution in [3.05, 3.63) is 64.5 Å². The number of aryl methyl sites for hydroxylation is 1. The molecule has 7 nitrogen and oxygen atoms in total. The van der Waals surface area contributed by atoms with Gasteiger partial charge in [-0.3, -0.25) is 15.4 Å². The van der Waals surface area contributed by atoms with Crippen LogP contribution < -0.4 is 16.2 Å². The number of thiazole rings is 1. The van der Waals surface area contributed by atoms with Crippen LogP contribution in [0.2, 0.25) is 0 Å². The average molecular weight is 413 g/mol. The number of thiocarbonyl (C=S) groups is 1. The van der Waals surface area contributed by atoms with E-state index in [0.717, 1.165) is 15.9 Å². The summed E-state index contributed by atoms with van der Waals surface area (Å²) >= 11 is 6.34. The number of rotatable bonds is 1. The number of halogens is 1. The fourth-order valence-electron chi connectivity index (χ4n) is 2.72. The fraction of sp³-hybridized carbons (Fsp3) is 0.0556. The van der Waals surface area contributed by atoms with Crippen molar-refractivity contribution in [1.29, 1.82) is 0 Å². The number of hydrogen-bond donors (Lipinski definition) is 2. The normalized spacial score (nSPS) is 10.9. The van der Waals surface area contributed by atoms with E-state index in [4.69, 9.17) is 12.2 Å². The average Bonchev–Trinajstić information content (AvgIpc) is 3.02. The Morgan fingerprint density at radius 1 is 1.18 bits per heavy atom. The maximum absolute atomic E-state index is 13.3. The molecule has 2 N–H and O–H groups in total. The van der Waals surface area contributed by atoms with Crippen molar-refractivity contribution in [2.45, 2.75) is 6.92 Å². The second-order valence-electron chi connectivity index (χ2n) is 5.83. The van der Waals surface area contributed by atoms with Crippen molar-refractivity contribution in [3.63, 3.8) is 0 Å². The Balaban J connectivity index is 1.57. The maximum Gasteiger partial charge on any atom is 0.327 e. The highest BCUT2D eigenvalue weighted by molar-refractivity contribution is 7.80. The molecule has 2 amide bonds. The quantitative estimate of drug-likeness (QED) is 0.467. The molecule has 2 aromatic carbocycles. The number of hydrogen-bond acceptors (Lipinski definition) is 6. The van der Waals surface area contributed by atoms with Gasteiger partial charge in [-0.15, -0.1) is 0 Å². The van der Waals surface area contributed by atoms with Gasteiger partial charge in [0.05, 0.1) is 21.1 Å². The Morgan fingerprint density at radius 2 is 1.96 bits per heavy atom. The Morgan fingerprint density at radius 3 is 2.79 bits per heavy atom. The van der Waals surface area contributed by atoms with Crippen LogP contribution in [-0.4, -0.2) is 25.7 Å². The molecule has 0 spiro atoms. The number of para-hydroxylation sites is 1. The molecule has 4 aromatic rings. The number of anilines is 1. The monoisotopic (exact) mass is 413 g/mol. The molecular formula is C18H12FN5O2S2. The summed E-state index contributed by atoms with van der Waals surface area (Å²) in [7, 11) is 0. The van der Waals surface area contributed by atoms with Crippen LogP contribution in [0.5, 0.6) is 0 Å². The number of carbonyl (C=O) groups is 1. The summed E-state index contributed by atoms with van der Waals surface area (Å²) in [5, 5.41) is 5.55. The van der Waals surface area contributed by atoms with E-state index in [1.807, 2.05) is 0 Å². The van der Waals surface area contributed by atoms with Gasteiger partial charge in [-0.25, -0.2) is 23.7 Å². The lowest BCUT2D eigenvalue weighted by Crippen LogP contribution is -2.42. The molecule has 10 heteroatoms. The van der Waals surface area contributed by atoms with E-state index < -0.39 is 6.03 Å². The van der Waals surface area contributed by atoms with Crippen molar-refractivity contribution >= 4 is 60.9 Å². The summed E-state index contributed by atoms with van der Waals surface area (Å²) < 4.78 is 15.0. The number of nitrogens with zero attached hydrogens (tertiary/aromatic N) is 3. The SMILES string of the molecule is Cc1nc2ccccc2c(=O)n1C(=S)NC(=O)Nc1nc2ccc(F)cc2s1. The van der Waals surface area contributed by atoms with Gasteiger partial charge < -0.3 is 0 Å². The first-order valence-corrected chi connectivity index (χ1v) is 9.31. The van der Waals surface area contributed by atoms with Gasteiger partial charge in [0, 0.05) is 0 Å². The van der Waals surface area contributed by atoms with Gasteiger partial charge in [0.15, 0.2) is 10.2 Å². The zero-order valence-electron chi connectivity index (χ0n) is 14.4. The lowest BCUT2D eigenvalue weighted by Gasteiger charge is -2.12. The van der Waals surface area contributed by atoms with Crippen LogP contribution in [0.4, 0.5) is 14.3 Å². The number of carbonyl (C=O) groups excluding carboxylic acids is 1. The third-order valence-electron chi connectivity index (χ3n) is 3.94. The van der Waals surface area contributed by atoms with Crippen molar-refractivity contribution < 1.29 is 9.18 Å². The molecule has 28 heavy (non-hydrogen) atoms. The van der Waals surface area contributed by atoms with E-state index in [1.54, 1.807) is 31.2 Å². The highest BCUT2D eigenvalue weighted by Gasteiger charge is 2.15. The first-order valence-electron chi connectivity index (χ1n) is 8.09. The molecule has 0 radical (unpaired) electrons. The van der Waals surface area contributed by atoms with Crippen molar-refractivity contribution in [2.75, 3.05) is 5.32 Å². The number of urea groups is 1. The molecule has 0 aliphatic rings. The summed E-state index contributed by atoms with van der Waals surface area (Å²) in [6, 6.07) is 10.4. The van der Waals surface area contributed by atoms with E-state index in [0.29, 0.717) is 26.9 Å². The largest absolute Gasteiger partial charge is 0.327 e. The molecule has 0 bridgehead atoms. The van der Waals surface area contributed by atoms with Crippen LogP contribution in [0.25, 0.3) is 21.1 Å². The highest BCUT2D eigenvalue weighted by Crippen LogP contribution is 2.26. The van der Waals surface area contributed by atoms with E-state index in [2.05, 4.69) is 20.6 Å². The molecule has 2 heterocycles. The third kappa shape index (κ3) is 3.35. The highest BCUT2D eigenvalue weighted by atomic mass is 32.1. The molecular weight excluding hydrogens is 401 g/mol. The predicted octanol–water partition coefficient (Wildman–Crippen LogP) is 3.41. The number of fused-ring (bicyclic) bond motifs is 2. The topological polar surface area (TPSA) is 88.9 Å². The zero-order valence-corrected chi connectivity index (χ0v) is 16.0. The maximum atomic E-state index is 13.3. The number of amides is 2. The molecule has 0 saturated heterocycles. The first-order chi connectivity index (χ1) is 13.4. The van der Waals surface area contributed by atoms with Crippen molar-refractivity contribution in [3.8, 4) is 0 Å². The summed E-state index contributed by atoms with van der Waals surface area (Å²) in [5.41, 5.74) is 0.745. The van der Waals surface area contributed by atoms with Crippen molar-refractivity contribution in [2.24, 2.45) is 0 Å². The summed E-state index contributed by atoms with van der Waals surface area (Å²) in [6.07, 6.45) is 0. The summed E-state index contributed by atoms with van der Waals surface area (Å²) in [5.74, 6) is -0.0311. The predicted molar refractivity (Wildman–Crippen MR) is 110 cm³/mol. The van der Waals surface area contributed by atoms with Crippen LogP contribution in [0, 0.1) is 12.7 Å². The molecule has 0 aliphatic carbocycles. The van der Waals surface area contributed by atoms with Crippen LogP contribution in [0.3, 0.4) is 0 Å². The smallest absolute Gasteiger partial charge is 0.284 e. The van der Waals surface area contributed by atoms with Crippen LogP contribution in [0.1, 0.15) is 5.82 Å². The van der Waals surface area contributed by atoms with Gasteiger partial charge in [-0.2, -0.15) is 0 Å². The summed E-state index contributed by atoms with van der Waals surface area (Å²) in [4.78, 5) is 33.5. The Labute approximate surface area is 166 Å². The van der Waals surface area contributed by atoms with E-state index in [9.17, 15) is 14.0 Å². The van der Waals surface area contributed by atoms with Gasteiger partial charge in [-0.1, -0.05) is 23.5 Å². The number of nitrogens with one attached hydrogen (secondary N) is 2. The first kappa shape index (κ1) is 18.1. The van der Waals surface area contributed by atoms with E-state index in [-0.39, 0.29) is 21.6 Å². The lowest BCUT2D eigenvalue weighted by atomic mass is 10.2. The number of benzene rings is 2. The molecule has 2 aromatic heterocycles. The van der Waals surface area contributed by atoms with Gasteiger partial charge in [-0.05, 0) is 49.5 Å². The third-order valence-corrected chi connectivity index (χ3v) is 5.16. The zero-order chi connectivity index (χ0) is 19.8. The minimum absolute atomic E-state index is 0.106. The molecule has 0 atom stereocenters. The minimum atomic E-state index is -0.663. The lowest BCUT2D eigenvalue weighted by molar-refractivity contribution is 0.256. The van der Waals surface area contributed by atoms with E-state index >= 15 is 0 Å². The minimum Gasteiger partial charge on any atom is -0.284 e. The molecule has 140 valence electrons. The second-order valence-corrected chi connectivity index (χ2v) is 7.25. The Hall–Kier alpha value is -3.24. The van der Waals surface area contributed by atoms with Gasteiger partial charge in [0.25, 0.3) is 5.56 Å². The molecule has 0 unspecified atom stereocenters. The molecule has 0 fully saturated rings. The van der Waals surface area contributed by atoms with Gasteiger partial charge in [0.2, 0.25) is 0 Å². The summed E-state index contributed by atoms with van der Waals surface area (Å²) in [6.45, 7) is 1.63. The van der Waals surface area contributed by atoms with E-state index in [1.165, 1.54) is 18.2 Å². The van der Waals surface area contributed by atoms with Crippen molar-refractivity contribution in [1.82, 2.24) is 19.9 Å². The van der Waals surface area contributed by atoms with Crippen LogP contribution in [-0.2, 0) is 0 Å². The van der Waals surface area contributed by atoms with Crippen LogP contribution in [0.15, 0.2) is 47.3 Å². The standard InChI is InChI=1S/C18H12FN5O2S2/c1-9-20-12-5-3-2-4-11(12)15(25)24(9)18(27)23-16(26)22-17-21-13-7-6-10(19)8-14(13)28-17/h2-8H,1H3,(H2,21,22,23,26,27). The number of aromatic nitrogens is 3. The van der Waals surface area contributed by atoms with Gasteiger partial charge >= 0.3 is 6.03 Å². The molecule has 4 rings (SSSR count). The Bertz CT molecular complexity index is 1310. The van der Waals surface area contributed by atoms with Gasteiger partial charge in [0.1, 0.15) is 11.6 Å².